The molecule has 1 aliphatic carbocycles. The number of aryl methyl sites for hydroxylation is 1. The van der Waals surface area contributed by atoms with E-state index in [9.17, 15) is 4.79 Å². The van der Waals surface area contributed by atoms with Crippen molar-refractivity contribution in [2.24, 2.45) is 0 Å². The molecule has 5 rings (SSSR count). The van der Waals surface area contributed by atoms with E-state index in [0.717, 1.165) is 35.7 Å². The minimum Gasteiger partial charge on any atom is -0.497 e. The van der Waals surface area contributed by atoms with E-state index in [1.54, 1.807) is 7.11 Å². The van der Waals surface area contributed by atoms with Gasteiger partial charge in [-0.15, -0.1) is 0 Å². The lowest BCUT2D eigenvalue weighted by molar-refractivity contribution is 0.152. The van der Waals surface area contributed by atoms with Crippen LogP contribution in [0.3, 0.4) is 0 Å². The van der Waals surface area contributed by atoms with Crippen molar-refractivity contribution < 1.29 is 4.74 Å². The molecule has 3 heterocycles. The number of H-pyrrole nitrogens is 2. The van der Waals surface area contributed by atoms with Gasteiger partial charge in [-0.3, -0.25) is 14.7 Å². The highest BCUT2D eigenvalue weighted by Gasteiger charge is 2.28. The van der Waals surface area contributed by atoms with Crippen molar-refractivity contribution in [1.29, 1.82) is 0 Å². The number of benzene rings is 1. The van der Waals surface area contributed by atoms with Gasteiger partial charge in [0.2, 0.25) is 0 Å². The molecule has 0 amide bonds. The molecule has 0 saturated heterocycles. The fraction of sp³-hybridized carbons (Fsp3) is 0.478. The molecule has 8 heteroatoms. The number of anilines is 1. The zero-order valence-corrected chi connectivity index (χ0v) is 18.7. The molecule has 0 bridgehead atoms. The van der Waals surface area contributed by atoms with Crippen LogP contribution in [0.15, 0.2) is 29.2 Å². The first-order chi connectivity index (χ1) is 15.1. The minimum absolute atomic E-state index is 0.0663. The second-order valence-electron chi connectivity index (χ2n) is 8.59. The van der Waals surface area contributed by atoms with Gasteiger partial charge in [0.05, 0.1) is 19.3 Å². The van der Waals surface area contributed by atoms with Gasteiger partial charge in [-0.1, -0.05) is 19.3 Å². The molecule has 0 spiro atoms. The summed E-state index contributed by atoms with van der Waals surface area (Å²) in [6.45, 7) is 2.15. The number of nitrogens with zero attached hydrogens (tertiary/aromatic N) is 2. The molecule has 7 nitrogen and oxygen atoms in total. The third-order valence-corrected chi connectivity index (χ3v) is 7.10. The predicted molar refractivity (Wildman–Crippen MR) is 125 cm³/mol. The second-order valence-corrected chi connectivity index (χ2v) is 8.97. The number of ether oxygens (including phenoxy) is 1. The highest BCUT2D eigenvalue weighted by molar-refractivity contribution is 7.71. The minimum atomic E-state index is -0.0663. The molecule has 2 aliphatic rings. The lowest BCUT2D eigenvalue weighted by atomic mass is 9.94. The SMILES string of the molecule is COc1ccc2c(CCn3c4c(c(=O)[nH]c3=S)CN(C3CCCCC3)CN4)c[nH]c2c1. The van der Waals surface area contributed by atoms with Gasteiger partial charge in [-0.25, -0.2) is 0 Å². The van der Waals surface area contributed by atoms with E-state index in [0.29, 0.717) is 23.9 Å². The number of nitrogens with one attached hydrogen (secondary N) is 3. The highest BCUT2D eigenvalue weighted by atomic mass is 32.1. The first kappa shape index (κ1) is 20.3. The molecule has 0 unspecified atom stereocenters. The summed E-state index contributed by atoms with van der Waals surface area (Å²) in [4.78, 5) is 21.4. The summed E-state index contributed by atoms with van der Waals surface area (Å²) in [5, 5.41) is 4.70. The summed E-state index contributed by atoms with van der Waals surface area (Å²) in [6, 6.07) is 6.64. The molecule has 1 aliphatic heterocycles. The normalized spacial score (nSPS) is 17.5. The Morgan fingerprint density at radius 2 is 2.06 bits per heavy atom. The molecule has 0 radical (unpaired) electrons. The Morgan fingerprint density at radius 3 is 2.87 bits per heavy atom. The van der Waals surface area contributed by atoms with Gasteiger partial charge >= 0.3 is 0 Å². The van der Waals surface area contributed by atoms with E-state index in [1.165, 1.54) is 43.1 Å². The van der Waals surface area contributed by atoms with E-state index in [4.69, 9.17) is 17.0 Å². The Bertz CT molecular complexity index is 1200. The van der Waals surface area contributed by atoms with Crippen LogP contribution in [0.2, 0.25) is 0 Å². The molecule has 0 atom stereocenters. The van der Waals surface area contributed by atoms with Gasteiger partial charge in [0, 0.05) is 42.3 Å². The predicted octanol–water partition coefficient (Wildman–Crippen LogP) is 4.16. The summed E-state index contributed by atoms with van der Waals surface area (Å²) >= 11 is 5.53. The number of aromatic nitrogens is 3. The quantitative estimate of drug-likeness (QED) is 0.521. The number of rotatable bonds is 5. The maximum atomic E-state index is 12.7. The number of aromatic amines is 2. The number of hydrogen-bond acceptors (Lipinski definition) is 5. The van der Waals surface area contributed by atoms with E-state index < -0.39 is 0 Å². The van der Waals surface area contributed by atoms with Crippen LogP contribution in [0, 0.1) is 4.77 Å². The van der Waals surface area contributed by atoms with Gasteiger partial charge in [0.1, 0.15) is 11.6 Å². The van der Waals surface area contributed by atoms with Gasteiger partial charge in [0.15, 0.2) is 4.77 Å². The summed E-state index contributed by atoms with van der Waals surface area (Å²) < 4.78 is 7.84. The van der Waals surface area contributed by atoms with Gasteiger partial charge in [-0.2, -0.15) is 0 Å². The molecular formula is C23H29N5O2S. The van der Waals surface area contributed by atoms with Gasteiger partial charge < -0.3 is 19.6 Å². The van der Waals surface area contributed by atoms with Crippen molar-refractivity contribution >= 4 is 28.9 Å². The molecular weight excluding hydrogens is 410 g/mol. The van der Waals surface area contributed by atoms with E-state index in [2.05, 4.69) is 26.3 Å². The average Bonchev–Trinajstić information content (AvgIpc) is 3.21. The fourth-order valence-electron chi connectivity index (χ4n) is 5.05. The maximum Gasteiger partial charge on any atom is 0.258 e. The molecule has 3 aromatic rings. The van der Waals surface area contributed by atoms with E-state index in [1.807, 2.05) is 22.9 Å². The average molecular weight is 440 g/mol. The van der Waals surface area contributed by atoms with Crippen LogP contribution < -0.4 is 15.6 Å². The van der Waals surface area contributed by atoms with Crippen molar-refractivity contribution in [3.63, 3.8) is 0 Å². The third kappa shape index (κ3) is 3.90. The number of methoxy groups -OCH3 is 1. The van der Waals surface area contributed by atoms with Crippen LogP contribution in [0.1, 0.15) is 43.2 Å². The van der Waals surface area contributed by atoms with Crippen LogP contribution in [-0.2, 0) is 19.5 Å². The van der Waals surface area contributed by atoms with Crippen LogP contribution in [0.25, 0.3) is 10.9 Å². The molecule has 1 fully saturated rings. The van der Waals surface area contributed by atoms with Gasteiger partial charge in [0.25, 0.3) is 5.56 Å². The number of fused-ring (bicyclic) bond motifs is 2. The Kier molecular flexibility index (Phi) is 5.58. The Morgan fingerprint density at radius 1 is 1.23 bits per heavy atom. The summed E-state index contributed by atoms with van der Waals surface area (Å²) in [7, 11) is 1.68. The Hall–Kier alpha value is -2.58. The van der Waals surface area contributed by atoms with Crippen molar-refractivity contribution in [2.75, 3.05) is 19.1 Å². The zero-order chi connectivity index (χ0) is 21.4. The summed E-state index contributed by atoms with van der Waals surface area (Å²) in [6.07, 6.45) is 9.20. The molecule has 31 heavy (non-hydrogen) atoms. The van der Waals surface area contributed by atoms with Crippen molar-refractivity contribution in [1.82, 2.24) is 19.4 Å². The first-order valence-electron chi connectivity index (χ1n) is 11.1. The van der Waals surface area contributed by atoms with Crippen LogP contribution >= 0.6 is 12.2 Å². The van der Waals surface area contributed by atoms with Crippen LogP contribution in [-0.4, -0.2) is 39.3 Å². The van der Waals surface area contributed by atoms with Crippen molar-refractivity contribution in [3.05, 3.63) is 50.6 Å². The van der Waals surface area contributed by atoms with E-state index in [-0.39, 0.29) is 5.56 Å². The van der Waals surface area contributed by atoms with Gasteiger partial charge in [-0.05, 0) is 49.2 Å². The third-order valence-electron chi connectivity index (χ3n) is 6.78. The fourth-order valence-corrected chi connectivity index (χ4v) is 5.32. The largest absolute Gasteiger partial charge is 0.497 e. The smallest absolute Gasteiger partial charge is 0.258 e. The summed E-state index contributed by atoms with van der Waals surface area (Å²) in [5.41, 5.74) is 3.01. The lowest BCUT2D eigenvalue weighted by Crippen LogP contribution is -2.45. The van der Waals surface area contributed by atoms with Crippen LogP contribution in [0.5, 0.6) is 5.75 Å². The maximum absolute atomic E-state index is 12.7. The Balaban J connectivity index is 1.39. The molecule has 164 valence electrons. The van der Waals surface area contributed by atoms with Crippen molar-refractivity contribution in [3.8, 4) is 5.75 Å². The highest BCUT2D eigenvalue weighted by Crippen LogP contribution is 2.28. The Labute approximate surface area is 186 Å². The monoisotopic (exact) mass is 439 g/mol. The standard InChI is InChI=1S/C23H29N5O2S/c1-30-17-7-8-18-15(12-24-20(18)11-17)9-10-28-21-19(22(29)26-23(28)31)13-27(14-25-21)16-5-3-2-4-6-16/h7-8,11-12,16,24-25H,2-6,9-10,13-14H2,1H3,(H,26,29,31). The topological polar surface area (TPSA) is 78.1 Å². The van der Waals surface area contributed by atoms with Crippen molar-refractivity contribution in [2.45, 2.75) is 57.7 Å². The molecule has 1 aromatic carbocycles. The second kappa shape index (κ2) is 8.51. The summed E-state index contributed by atoms with van der Waals surface area (Å²) in [5.74, 6) is 1.71. The van der Waals surface area contributed by atoms with E-state index >= 15 is 0 Å². The molecule has 2 aromatic heterocycles. The molecule has 1 saturated carbocycles. The molecule has 3 N–H and O–H groups in total. The zero-order valence-electron chi connectivity index (χ0n) is 17.9. The number of hydrogen-bond donors (Lipinski definition) is 3. The van der Waals surface area contributed by atoms with Crippen LogP contribution in [0.4, 0.5) is 5.82 Å². The first-order valence-corrected chi connectivity index (χ1v) is 11.5. The lowest BCUT2D eigenvalue weighted by Gasteiger charge is -2.38.